The van der Waals surface area contributed by atoms with Gasteiger partial charge in [0.25, 0.3) is 0 Å². The number of ether oxygens (including phenoxy) is 1. The Morgan fingerprint density at radius 1 is 1.35 bits per heavy atom. The molecule has 1 unspecified atom stereocenters. The van der Waals surface area contributed by atoms with E-state index in [9.17, 15) is 18.7 Å². The van der Waals surface area contributed by atoms with Crippen molar-refractivity contribution in [3.63, 3.8) is 0 Å². The Morgan fingerprint density at radius 3 is 2.18 bits per heavy atom. The van der Waals surface area contributed by atoms with E-state index in [0.29, 0.717) is 0 Å². The molecule has 6 heteroatoms. The standard InChI is InChI=1S/C11H18F2O3S/c1-9(16-2,8(14)17-3)10(15)4-6-11(12,13)7-5-10/h15H,4-7H2,1-3H3. The van der Waals surface area contributed by atoms with Crippen molar-refractivity contribution < 1.29 is 23.4 Å². The largest absolute Gasteiger partial charge is 0.386 e. The predicted octanol–water partition coefficient (Wildman–Crippen LogP) is 2.22. The minimum Gasteiger partial charge on any atom is -0.386 e. The van der Waals surface area contributed by atoms with Gasteiger partial charge in [-0.1, -0.05) is 11.8 Å². The molecule has 0 aromatic rings. The second-order valence-corrected chi connectivity index (χ2v) is 5.40. The molecule has 1 fully saturated rings. The van der Waals surface area contributed by atoms with E-state index in [1.807, 2.05) is 0 Å². The molecular formula is C11H18F2O3S. The lowest BCUT2D eigenvalue weighted by molar-refractivity contribution is -0.197. The minimum absolute atomic E-state index is 0.128. The zero-order valence-electron chi connectivity index (χ0n) is 10.3. The van der Waals surface area contributed by atoms with Gasteiger partial charge in [0, 0.05) is 20.0 Å². The van der Waals surface area contributed by atoms with Gasteiger partial charge in [0.15, 0.2) is 5.60 Å². The highest BCUT2D eigenvalue weighted by Crippen LogP contribution is 2.45. The van der Waals surface area contributed by atoms with Crippen LogP contribution in [0.15, 0.2) is 0 Å². The summed E-state index contributed by atoms with van der Waals surface area (Å²) in [6.45, 7) is 1.47. The molecule has 17 heavy (non-hydrogen) atoms. The summed E-state index contributed by atoms with van der Waals surface area (Å²) in [6.07, 6.45) is 0.502. The van der Waals surface area contributed by atoms with Gasteiger partial charge < -0.3 is 9.84 Å². The molecule has 0 aromatic heterocycles. The number of carbonyl (C=O) groups excluding carboxylic acids is 1. The molecule has 100 valence electrons. The molecule has 1 aliphatic carbocycles. The van der Waals surface area contributed by atoms with Crippen LogP contribution < -0.4 is 0 Å². The Labute approximate surface area is 104 Å². The van der Waals surface area contributed by atoms with Crippen molar-refractivity contribution in [1.29, 1.82) is 0 Å². The maximum Gasteiger partial charge on any atom is 0.248 e. The van der Waals surface area contributed by atoms with Crippen molar-refractivity contribution in [3.05, 3.63) is 0 Å². The van der Waals surface area contributed by atoms with Crippen LogP contribution >= 0.6 is 11.8 Å². The zero-order chi connectivity index (χ0) is 13.3. The van der Waals surface area contributed by atoms with E-state index in [0.717, 1.165) is 11.8 Å². The molecule has 0 aliphatic heterocycles. The molecule has 1 atom stereocenters. The third kappa shape index (κ3) is 2.63. The third-order valence-electron chi connectivity index (χ3n) is 3.68. The summed E-state index contributed by atoms with van der Waals surface area (Å²) in [5.41, 5.74) is -2.94. The summed E-state index contributed by atoms with van der Waals surface area (Å²) in [6, 6.07) is 0. The maximum atomic E-state index is 13.1. The summed E-state index contributed by atoms with van der Waals surface area (Å²) >= 11 is 0.937. The highest BCUT2D eigenvalue weighted by Gasteiger charge is 2.56. The molecule has 0 spiro atoms. The van der Waals surface area contributed by atoms with Crippen molar-refractivity contribution in [2.75, 3.05) is 13.4 Å². The summed E-state index contributed by atoms with van der Waals surface area (Å²) in [7, 11) is 1.32. The second-order valence-electron chi connectivity index (χ2n) is 4.62. The molecule has 0 saturated heterocycles. The molecule has 0 bridgehead atoms. The molecule has 1 N–H and O–H groups in total. The van der Waals surface area contributed by atoms with Crippen LogP contribution in [0.25, 0.3) is 0 Å². The number of hydrogen-bond donors (Lipinski definition) is 1. The predicted molar refractivity (Wildman–Crippen MR) is 62.3 cm³/mol. The highest BCUT2D eigenvalue weighted by molar-refractivity contribution is 8.13. The number of aliphatic hydroxyl groups is 1. The van der Waals surface area contributed by atoms with Crippen LogP contribution in [0.5, 0.6) is 0 Å². The van der Waals surface area contributed by atoms with Crippen LogP contribution in [0.2, 0.25) is 0 Å². The van der Waals surface area contributed by atoms with Crippen molar-refractivity contribution in [2.45, 2.75) is 49.7 Å². The van der Waals surface area contributed by atoms with Crippen molar-refractivity contribution in [3.8, 4) is 0 Å². The molecule has 1 rings (SSSR count). The van der Waals surface area contributed by atoms with E-state index in [1.54, 1.807) is 6.26 Å². The van der Waals surface area contributed by atoms with E-state index in [4.69, 9.17) is 4.74 Å². The minimum atomic E-state index is -2.75. The van der Waals surface area contributed by atoms with Crippen LogP contribution in [-0.4, -0.2) is 40.7 Å². The topological polar surface area (TPSA) is 46.5 Å². The Hall–Kier alpha value is -0.200. The summed E-state index contributed by atoms with van der Waals surface area (Å²) in [5, 5.41) is 10.1. The van der Waals surface area contributed by atoms with Gasteiger partial charge in [-0.15, -0.1) is 0 Å². The van der Waals surface area contributed by atoms with Crippen LogP contribution in [-0.2, 0) is 9.53 Å². The number of thioether (sulfide) groups is 1. The van der Waals surface area contributed by atoms with Crippen LogP contribution in [0.1, 0.15) is 32.6 Å². The van der Waals surface area contributed by atoms with Crippen LogP contribution in [0.3, 0.4) is 0 Å². The lowest BCUT2D eigenvalue weighted by Crippen LogP contribution is -2.60. The molecule has 0 radical (unpaired) electrons. The summed E-state index contributed by atoms with van der Waals surface area (Å²) in [4.78, 5) is 11.8. The monoisotopic (exact) mass is 268 g/mol. The number of rotatable bonds is 3. The first kappa shape index (κ1) is 14.9. The number of alkyl halides is 2. The van der Waals surface area contributed by atoms with E-state index in [-0.39, 0.29) is 18.0 Å². The molecule has 0 aromatic carbocycles. The molecule has 0 heterocycles. The molecule has 1 aliphatic rings. The Bertz CT molecular complexity index is 299. The number of hydrogen-bond acceptors (Lipinski definition) is 4. The smallest absolute Gasteiger partial charge is 0.248 e. The number of carbonyl (C=O) groups is 1. The van der Waals surface area contributed by atoms with E-state index >= 15 is 0 Å². The average Bonchev–Trinajstić information content (AvgIpc) is 2.31. The quantitative estimate of drug-likeness (QED) is 0.852. The fraction of sp³-hybridized carbons (Fsp3) is 0.909. The number of halogens is 2. The van der Waals surface area contributed by atoms with Gasteiger partial charge in [0.1, 0.15) is 5.60 Å². The summed E-state index contributed by atoms with van der Waals surface area (Å²) < 4.78 is 31.3. The van der Waals surface area contributed by atoms with Gasteiger partial charge in [-0.2, -0.15) is 0 Å². The maximum absolute atomic E-state index is 13.1. The first-order valence-electron chi connectivity index (χ1n) is 5.44. The van der Waals surface area contributed by atoms with Crippen molar-refractivity contribution >= 4 is 16.9 Å². The van der Waals surface area contributed by atoms with E-state index < -0.39 is 30.0 Å². The van der Waals surface area contributed by atoms with Crippen LogP contribution in [0, 0.1) is 0 Å². The average molecular weight is 268 g/mol. The van der Waals surface area contributed by atoms with Gasteiger partial charge in [-0.25, -0.2) is 8.78 Å². The van der Waals surface area contributed by atoms with Crippen molar-refractivity contribution in [1.82, 2.24) is 0 Å². The van der Waals surface area contributed by atoms with Gasteiger partial charge >= 0.3 is 0 Å². The Balaban J connectivity index is 2.93. The Kier molecular flexibility index (Phi) is 4.21. The third-order valence-corrected chi connectivity index (χ3v) is 4.44. The van der Waals surface area contributed by atoms with Gasteiger partial charge in [0.05, 0.1) is 0 Å². The first-order valence-corrected chi connectivity index (χ1v) is 6.67. The highest BCUT2D eigenvalue weighted by atomic mass is 32.2. The zero-order valence-corrected chi connectivity index (χ0v) is 11.1. The van der Waals surface area contributed by atoms with Gasteiger partial charge in [-0.05, 0) is 26.0 Å². The molecule has 0 amide bonds. The fourth-order valence-corrected chi connectivity index (χ4v) is 2.83. The SMILES string of the molecule is COC(C)(C(=O)SC)C1(O)CCC(F)(F)CC1. The van der Waals surface area contributed by atoms with Crippen LogP contribution in [0.4, 0.5) is 8.78 Å². The molecule has 1 saturated carbocycles. The molecule has 3 nitrogen and oxygen atoms in total. The van der Waals surface area contributed by atoms with Gasteiger partial charge in [0.2, 0.25) is 11.0 Å². The molecular weight excluding hydrogens is 250 g/mol. The van der Waals surface area contributed by atoms with Crippen molar-refractivity contribution in [2.24, 2.45) is 0 Å². The second kappa shape index (κ2) is 4.82. The van der Waals surface area contributed by atoms with E-state index in [1.165, 1.54) is 14.0 Å². The lowest BCUT2D eigenvalue weighted by atomic mass is 9.72. The van der Waals surface area contributed by atoms with E-state index in [2.05, 4.69) is 0 Å². The Morgan fingerprint density at radius 2 is 1.82 bits per heavy atom. The normalized spacial score (nSPS) is 26.2. The fourth-order valence-electron chi connectivity index (χ4n) is 2.16. The lowest BCUT2D eigenvalue weighted by Gasteiger charge is -2.46. The number of methoxy groups -OCH3 is 1. The summed E-state index contributed by atoms with van der Waals surface area (Å²) in [5.74, 6) is -2.75. The first-order chi connectivity index (χ1) is 7.71. The van der Waals surface area contributed by atoms with Gasteiger partial charge in [-0.3, -0.25) is 4.79 Å².